The Morgan fingerprint density at radius 2 is 1.95 bits per heavy atom. The molecule has 1 aromatic rings. The summed E-state index contributed by atoms with van der Waals surface area (Å²) in [5.41, 5.74) is 0.247. The summed E-state index contributed by atoms with van der Waals surface area (Å²) < 4.78 is 0. The van der Waals surface area contributed by atoms with Crippen molar-refractivity contribution in [2.24, 2.45) is 11.8 Å². The van der Waals surface area contributed by atoms with Gasteiger partial charge in [0.2, 0.25) is 5.91 Å². The van der Waals surface area contributed by atoms with E-state index >= 15 is 0 Å². The largest absolute Gasteiger partial charge is 0.506 e. The highest BCUT2D eigenvalue weighted by molar-refractivity contribution is 6.31. The molecule has 0 aliphatic heterocycles. The summed E-state index contributed by atoms with van der Waals surface area (Å²) in [5, 5.41) is 21.5. The van der Waals surface area contributed by atoms with Crippen molar-refractivity contribution in [1.82, 2.24) is 0 Å². The maximum absolute atomic E-state index is 12.0. The third-order valence-electron chi connectivity index (χ3n) is 3.37. The fraction of sp³-hybridized carbons (Fsp3) is 0.385. The summed E-state index contributed by atoms with van der Waals surface area (Å²) in [5.74, 6) is -1.99. The molecule has 0 radical (unpaired) electrons. The van der Waals surface area contributed by atoms with Crippen molar-refractivity contribution < 1.29 is 19.8 Å². The molecule has 1 aliphatic carbocycles. The van der Waals surface area contributed by atoms with E-state index in [1.165, 1.54) is 18.2 Å². The van der Waals surface area contributed by atoms with E-state index in [0.29, 0.717) is 24.3 Å². The summed E-state index contributed by atoms with van der Waals surface area (Å²) in [6.45, 7) is 0. The summed E-state index contributed by atoms with van der Waals surface area (Å²) in [6.07, 6.45) is 1.39. The molecule has 19 heavy (non-hydrogen) atoms. The molecule has 3 N–H and O–H groups in total. The first-order valence-corrected chi connectivity index (χ1v) is 6.37. The number of hydrogen-bond acceptors (Lipinski definition) is 3. The number of amides is 1. The van der Waals surface area contributed by atoms with Crippen molar-refractivity contribution >= 4 is 29.2 Å². The Balaban J connectivity index is 2.02. The summed E-state index contributed by atoms with van der Waals surface area (Å²) in [6, 6.07) is 4.37. The van der Waals surface area contributed by atoms with Crippen LogP contribution in [-0.4, -0.2) is 22.1 Å². The number of carboxylic acids is 1. The van der Waals surface area contributed by atoms with Crippen LogP contribution in [0, 0.1) is 11.8 Å². The first-order chi connectivity index (χ1) is 8.97. The van der Waals surface area contributed by atoms with Crippen LogP contribution in [0.25, 0.3) is 0 Å². The molecule has 6 heteroatoms. The maximum Gasteiger partial charge on any atom is 0.306 e. The Bertz CT molecular complexity index is 517. The number of aliphatic carboxylic acids is 1. The predicted molar refractivity (Wildman–Crippen MR) is 70.2 cm³/mol. The van der Waals surface area contributed by atoms with E-state index in [9.17, 15) is 14.7 Å². The standard InChI is InChI=1S/C13H14ClNO4/c14-9-3-4-11(16)10(6-9)15-12(17)7-1-2-8(5-7)13(18)19/h3-4,6-8,16H,1-2,5H2,(H,15,17)(H,18,19)/t7-,8-/m1/s1. The fourth-order valence-corrected chi connectivity index (χ4v) is 2.46. The topological polar surface area (TPSA) is 86.6 Å². The number of benzene rings is 1. The molecule has 2 rings (SSSR count). The number of phenolic OH excluding ortho intramolecular Hbond substituents is 1. The van der Waals surface area contributed by atoms with Gasteiger partial charge in [-0.1, -0.05) is 11.6 Å². The number of halogens is 1. The molecule has 2 atom stereocenters. The lowest BCUT2D eigenvalue weighted by Crippen LogP contribution is -2.21. The first-order valence-electron chi connectivity index (χ1n) is 5.99. The zero-order valence-corrected chi connectivity index (χ0v) is 10.9. The van der Waals surface area contributed by atoms with Crippen molar-refractivity contribution in [3.63, 3.8) is 0 Å². The van der Waals surface area contributed by atoms with Crippen LogP contribution in [0.2, 0.25) is 5.02 Å². The van der Waals surface area contributed by atoms with Crippen molar-refractivity contribution in [3.8, 4) is 5.75 Å². The second kappa shape index (κ2) is 5.48. The highest BCUT2D eigenvalue weighted by atomic mass is 35.5. The van der Waals surface area contributed by atoms with Crippen molar-refractivity contribution in [1.29, 1.82) is 0 Å². The van der Waals surface area contributed by atoms with Crippen LogP contribution in [0.5, 0.6) is 5.75 Å². The number of phenols is 1. The zero-order chi connectivity index (χ0) is 14.0. The van der Waals surface area contributed by atoms with Crippen LogP contribution >= 0.6 is 11.6 Å². The van der Waals surface area contributed by atoms with Gasteiger partial charge in [0.1, 0.15) is 5.75 Å². The van der Waals surface area contributed by atoms with Gasteiger partial charge in [-0.05, 0) is 37.5 Å². The van der Waals surface area contributed by atoms with Crippen LogP contribution in [0.15, 0.2) is 18.2 Å². The molecular formula is C13H14ClNO4. The second-order valence-electron chi connectivity index (χ2n) is 4.70. The second-order valence-corrected chi connectivity index (χ2v) is 5.13. The van der Waals surface area contributed by atoms with E-state index in [-0.39, 0.29) is 23.3 Å². The van der Waals surface area contributed by atoms with Gasteiger partial charge in [-0.3, -0.25) is 9.59 Å². The predicted octanol–water partition coefficient (Wildman–Crippen LogP) is 2.49. The minimum Gasteiger partial charge on any atom is -0.506 e. The van der Waals surface area contributed by atoms with Gasteiger partial charge in [-0.25, -0.2) is 0 Å². The van der Waals surface area contributed by atoms with Crippen molar-refractivity contribution in [2.75, 3.05) is 5.32 Å². The average molecular weight is 284 g/mol. The molecule has 5 nitrogen and oxygen atoms in total. The maximum atomic E-state index is 12.0. The monoisotopic (exact) mass is 283 g/mol. The number of hydrogen-bond donors (Lipinski definition) is 3. The highest BCUT2D eigenvalue weighted by Crippen LogP contribution is 2.33. The van der Waals surface area contributed by atoms with E-state index in [2.05, 4.69) is 5.32 Å². The van der Waals surface area contributed by atoms with Crippen molar-refractivity contribution in [3.05, 3.63) is 23.2 Å². The number of carbonyl (C=O) groups excluding carboxylic acids is 1. The molecule has 102 valence electrons. The number of rotatable bonds is 3. The van der Waals surface area contributed by atoms with Crippen LogP contribution in [0.1, 0.15) is 19.3 Å². The van der Waals surface area contributed by atoms with Gasteiger partial charge in [0.05, 0.1) is 11.6 Å². The van der Waals surface area contributed by atoms with Crippen LogP contribution in [-0.2, 0) is 9.59 Å². The molecular weight excluding hydrogens is 270 g/mol. The van der Waals surface area contributed by atoms with Gasteiger partial charge in [-0.15, -0.1) is 0 Å². The third-order valence-corrected chi connectivity index (χ3v) is 3.60. The molecule has 0 spiro atoms. The summed E-state index contributed by atoms with van der Waals surface area (Å²) >= 11 is 5.78. The summed E-state index contributed by atoms with van der Waals surface area (Å²) in [7, 11) is 0. The quantitative estimate of drug-likeness (QED) is 0.744. The molecule has 1 aromatic carbocycles. The van der Waals surface area contributed by atoms with Gasteiger partial charge >= 0.3 is 5.97 Å². The number of aromatic hydroxyl groups is 1. The van der Waals surface area contributed by atoms with Gasteiger partial charge in [0.15, 0.2) is 0 Å². The van der Waals surface area contributed by atoms with Gasteiger partial charge in [0, 0.05) is 10.9 Å². The Labute approximate surface area is 115 Å². The Kier molecular flexibility index (Phi) is 3.95. The Morgan fingerprint density at radius 3 is 2.58 bits per heavy atom. The molecule has 1 fully saturated rings. The molecule has 0 aromatic heterocycles. The number of nitrogens with one attached hydrogen (secondary N) is 1. The lowest BCUT2D eigenvalue weighted by atomic mass is 10.0. The molecule has 0 unspecified atom stereocenters. The summed E-state index contributed by atoms with van der Waals surface area (Å²) in [4.78, 5) is 22.8. The first kappa shape index (κ1) is 13.7. The highest BCUT2D eigenvalue weighted by Gasteiger charge is 2.34. The number of anilines is 1. The molecule has 0 saturated heterocycles. The smallest absolute Gasteiger partial charge is 0.306 e. The Morgan fingerprint density at radius 1 is 1.26 bits per heavy atom. The minimum atomic E-state index is -0.860. The molecule has 1 aliphatic rings. The van der Waals surface area contributed by atoms with Gasteiger partial charge in [-0.2, -0.15) is 0 Å². The van der Waals surface area contributed by atoms with Gasteiger partial charge < -0.3 is 15.5 Å². The SMILES string of the molecule is O=C(O)[C@@H]1CC[C@@H](C(=O)Nc2cc(Cl)ccc2O)C1. The van der Waals surface area contributed by atoms with E-state index in [4.69, 9.17) is 16.7 Å². The lowest BCUT2D eigenvalue weighted by Gasteiger charge is -2.12. The molecule has 0 heterocycles. The van der Waals surface area contributed by atoms with Crippen LogP contribution in [0.3, 0.4) is 0 Å². The fourth-order valence-electron chi connectivity index (χ4n) is 2.29. The van der Waals surface area contributed by atoms with Gasteiger partial charge in [0.25, 0.3) is 0 Å². The minimum absolute atomic E-state index is 0.0643. The molecule has 0 bridgehead atoms. The Hall–Kier alpha value is -1.75. The lowest BCUT2D eigenvalue weighted by molar-refractivity contribution is -0.141. The van der Waals surface area contributed by atoms with E-state index in [1.807, 2.05) is 0 Å². The van der Waals surface area contributed by atoms with Crippen molar-refractivity contribution in [2.45, 2.75) is 19.3 Å². The molecule has 1 amide bonds. The van der Waals surface area contributed by atoms with Crippen LogP contribution in [0.4, 0.5) is 5.69 Å². The molecule has 1 saturated carbocycles. The number of carbonyl (C=O) groups is 2. The normalized spacial score (nSPS) is 22.2. The number of carboxylic acid groups (broad SMARTS) is 1. The van der Waals surface area contributed by atoms with E-state index in [1.54, 1.807) is 0 Å². The third kappa shape index (κ3) is 3.17. The average Bonchev–Trinajstić information content (AvgIpc) is 2.83. The van der Waals surface area contributed by atoms with Crippen LogP contribution < -0.4 is 5.32 Å². The van der Waals surface area contributed by atoms with E-state index in [0.717, 1.165) is 0 Å². The zero-order valence-electron chi connectivity index (χ0n) is 10.1. The van der Waals surface area contributed by atoms with E-state index < -0.39 is 11.9 Å².